The first-order chi connectivity index (χ1) is 22.2. The number of aromatic nitrogens is 2. The molecule has 0 radical (unpaired) electrons. The molecule has 1 amide bonds. The van der Waals surface area contributed by atoms with Gasteiger partial charge in [-0.2, -0.15) is 5.26 Å². The zero-order chi connectivity index (χ0) is 33.0. The fourth-order valence-electron chi connectivity index (χ4n) is 5.36. The Morgan fingerprint density at radius 1 is 0.978 bits per heavy atom. The summed E-state index contributed by atoms with van der Waals surface area (Å²) in [6, 6.07) is 13.2. The predicted octanol–water partition coefficient (Wildman–Crippen LogP) is 5.59. The third-order valence-corrected chi connectivity index (χ3v) is 8.50. The number of hydrogen-bond donors (Lipinski definition) is 0. The molecule has 0 bridgehead atoms. The number of nitriles is 1. The summed E-state index contributed by atoms with van der Waals surface area (Å²) in [4.78, 5) is 40.5. The van der Waals surface area contributed by atoms with Gasteiger partial charge in [0, 0.05) is 25.2 Å². The first kappa shape index (κ1) is 32.9. The van der Waals surface area contributed by atoms with Crippen molar-refractivity contribution in [2.24, 2.45) is 0 Å². The van der Waals surface area contributed by atoms with E-state index in [1.54, 1.807) is 35.2 Å². The third kappa shape index (κ3) is 6.85. The number of alkyl halides is 2. The lowest BCUT2D eigenvalue weighted by Gasteiger charge is -2.31. The topological polar surface area (TPSA) is 107 Å². The van der Waals surface area contributed by atoms with Crippen LogP contribution < -0.4 is 20.7 Å². The van der Waals surface area contributed by atoms with Crippen molar-refractivity contribution in [2.45, 2.75) is 38.1 Å². The lowest BCUT2D eigenvalue weighted by molar-refractivity contribution is -0.119. The molecule has 1 aliphatic heterocycles. The zero-order valence-electron chi connectivity index (χ0n) is 24.2. The van der Waals surface area contributed by atoms with E-state index in [9.17, 15) is 28.4 Å². The van der Waals surface area contributed by atoms with Crippen molar-refractivity contribution in [2.75, 3.05) is 26.4 Å². The lowest BCUT2D eigenvalue weighted by atomic mass is 10.0. The van der Waals surface area contributed by atoms with E-state index in [1.807, 2.05) is 0 Å². The highest BCUT2D eigenvalue weighted by molar-refractivity contribution is 6.42. The Morgan fingerprint density at radius 2 is 1.70 bits per heavy atom. The average molecular weight is 675 g/mol. The van der Waals surface area contributed by atoms with Crippen molar-refractivity contribution in [1.29, 1.82) is 5.26 Å². The number of ether oxygens (including phenoxy) is 2. The van der Waals surface area contributed by atoms with Gasteiger partial charge in [-0.3, -0.25) is 18.7 Å². The maximum Gasteiger partial charge on any atom is 0.332 e. The fourth-order valence-corrected chi connectivity index (χ4v) is 5.68. The molecule has 0 saturated carbocycles. The summed E-state index contributed by atoms with van der Waals surface area (Å²) in [5.41, 5.74) is -0.238. The minimum atomic E-state index is -1.57. The smallest absolute Gasteiger partial charge is 0.332 e. The molecule has 9 nitrogen and oxygen atoms in total. The second-order valence-corrected chi connectivity index (χ2v) is 11.6. The molecule has 1 fully saturated rings. The molecule has 1 saturated heterocycles. The first-order valence-electron chi connectivity index (χ1n) is 14.2. The number of nitrogens with zero attached hydrogens (tertiary/aromatic N) is 4. The molecule has 240 valence electrons. The van der Waals surface area contributed by atoms with Crippen molar-refractivity contribution in [3.63, 3.8) is 0 Å². The van der Waals surface area contributed by atoms with Gasteiger partial charge in [0.2, 0.25) is 6.41 Å². The zero-order valence-corrected chi connectivity index (χ0v) is 25.7. The van der Waals surface area contributed by atoms with Crippen molar-refractivity contribution in [3.05, 3.63) is 102 Å². The molecule has 46 heavy (non-hydrogen) atoms. The van der Waals surface area contributed by atoms with Crippen LogP contribution in [0.3, 0.4) is 0 Å². The first-order valence-corrected chi connectivity index (χ1v) is 15.0. The monoisotopic (exact) mass is 674 g/mol. The van der Waals surface area contributed by atoms with Crippen LogP contribution >= 0.6 is 23.2 Å². The van der Waals surface area contributed by atoms with E-state index in [-0.39, 0.29) is 35.4 Å². The second kappa shape index (κ2) is 14.3. The van der Waals surface area contributed by atoms with E-state index < -0.39 is 48.3 Å². The fraction of sp³-hybridized carbons (Fsp3) is 0.312. The summed E-state index contributed by atoms with van der Waals surface area (Å²) >= 11 is 12.0. The minimum absolute atomic E-state index is 0.0125. The number of benzene rings is 3. The van der Waals surface area contributed by atoms with Gasteiger partial charge in [0.15, 0.2) is 17.7 Å². The van der Waals surface area contributed by atoms with Crippen LogP contribution in [-0.2, 0) is 17.9 Å². The number of carbonyl (C=O) groups is 1. The Hall–Kier alpha value is -4.47. The van der Waals surface area contributed by atoms with Crippen LogP contribution in [0.5, 0.6) is 11.5 Å². The molecule has 3 aromatic carbocycles. The highest BCUT2D eigenvalue weighted by Gasteiger charge is 2.26. The summed E-state index contributed by atoms with van der Waals surface area (Å²) in [6.45, 7) is -1.92. The summed E-state index contributed by atoms with van der Waals surface area (Å²) in [5, 5.41) is 10.5. The molecular formula is C32H27Cl2F3N4O5. The normalized spacial score (nSPS) is 13.6. The van der Waals surface area contributed by atoms with E-state index in [0.29, 0.717) is 53.5 Å². The molecule has 0 N–H and O–H groups in total. The number of carbonyl (C=O) groups excluding carboxylic acids is 1. The molecule has 2 heterocycles. The van der Waals surface area contributed by atoms with Crippen molar-refractivity contribution in [3.8, 4) is 17.6 Å². The number of piperidine rings is 1. The van der Waals surface area contributed by atoms with E-state index in [0.717, 1.165) is 16.7 Å². The Bertz CT molecular complexity index is 1930. The van der Waals surface area contributed by atoms with Crippen LogP contribution in [0.15, 0.2) is 58.1 Å². The molecule has 4 aromatic rings. The van der Waals surface area contributed by atoms with Gasteiger partial charge in [-0.15, -0.1) is 0 Å². The molecule has 1 aliphatic rings. The summed E-state index contributed by atoms with van der Waals surface area (Å²) in [7, 11) is 0. The van der Waals surface area contributed by atoms with Crippen LogP contribution in [-0.4, -0.2) is 53.0 Å². The third-order valence-electron chi connectivity index (χ3n) is 7.76. The van der Waals surface area contributed by atoms with Crippen LogP contribution in [0, 0.1) is 17.1 Å². The van der Waals surface area contributed by atoms with Crippen LogP contribution in [0.25, 0.3) is 10.9 Å². The molecular weight excluding hydrogens is 648 g/mol. The van der Waals surface area contributed by atoms with Crippen molar-refractivity contribution < 1.29 is 27.4 Å². The molecule has 0 atom stereocenters. The Balaban J connectivity index is 1.54. The summed E-state index contributed by atoms with van der Waals surface area (Å²) in [6.07, 6.45) is -0.144. The molecule has 0 aliphatic carbocycles. The Morgan fingerprint density at radius 3 is 2.35 bits per heavy atom. The van der Waals surface area contributed by atoms with Crippen LogP contribution in [0.4, 0.5) is 13.2 Å². The standard InChI is InChI=1S/C32H27Cl2F3N4O5/c33-25-3-1-20(10-26(25)34)17-45-29-4-2-19(9-21(29)15-38)16-40-31(43)24-11-30(46-23(13-35)14-36)27(37)12-28(24)41(32(40)44)22-5-7-39(18-42)8-6-22/h1-4,9-12,18,22-23H,5-8,13-14,16-17H2. The van der Waals surface area contributed by atoms with Crippen molar-refractivity contribution >= 4 is 40.5 Å². The molecule has 0 unspecified atom stereocenters. The van der Waals surface area contributed by atoms with E-state index in [2.05, 4.69) is 6.07 Å². The van der Waals surface area contributed by atoms with E-state index in [1.165, 1.54) is 10.6 Å². The quantitative estimate of drug-likeness (QED) is 0.192. The van der Waals surface area contributed by atoms with Gasteiger partial charge in [-0.1, -0.05) is 35.3 Å². The highest BCUT2D eigenvalue weighted by atomic mass is 35.5. The SMILES string of the molecule is N#Cc1cc(Cn2c(=O)c3cc(OC(CF)CF)c(F)cc3n(C3CCN(C=O)CC3)c2=O)ccc1OCc1ccc(Cl)c(Cl)c1. The summed E-state index contributed by atoms with van der Waals surface area (Å²) in [5.74, 6) is -1.27. The van der Waals surface area contributed by atoms with Crippen LogP contribution in [0.1, 0.15) is 35.6 Å². The van der Waals surface area contributed by atoms with Gasteiger partial charge in [-0.05, 0) is 54.3 Å². The van der Waals surface area contributed by atoms with Gasteiger partial charge in [0.05, 0.1) is 33.1 Å². The molecule has 0 spiro atoms. The maximum absolute atomic E-state index is 15.2. The number of halogens is 5. The van der Waals surface area contributed by atoms with E-state index >= 15 is 4.39 Å². The number of likely N-dealkylation sites (tertiary alicyclic amines) is 1. The molecule has 1 aromatic heterocycles. The largest absolute Gasteiger partial charge is 0.488 e. The van der Waals surface area contributed by atoms with Gasteiger partial charge in [-0.25, -0.2) is 18.0 Å². The number of fused-ring (bicyclic) bond motifs is 1. The highest BCUT2D eigenvalue weighted by Crippen LogP contribution is 2.29. The lowest BCUT2D eigenvalue weighted by Crippen LogP contribution is -2.44. The molecule has 14 heteroatoms. The van der Waals surface area contributed by atoms with Gasteiger partial charge < -0.3 is 14.4 Å². The second-order valence-electron chi connectivity index (χ2n) is 10.7. The van der Waals surface area contributed by atoms with Crippen LogP contribution in [0.2, 0.25) is 10.0 Å². The Labute approximate surface area is 270 Å². The average Bonchev–Trinajstić information content (AvgIpc) is 3.07. The molecule has 5 rings (SSSR count). The van der Waals surface area contributed by atoms with E-state index in [4.69, 9.17) is 32.7 Å². The van der Waals surface area contributed by atoms with Crippen molar-refractivity contribution in [1.82, 2.24) is 14.0 Å². The van der Waals surface area contributed by atoms with Gasteiger partial charge in [0.25, 0.3) is 5.56 Å². The minimum Gasteiger partial charge on any atom is -0.488 e. The number of rotatable bonds is 11. The predicted molar refractivity (Wildman–Crippen MR) is 166 cm³/mol. The number of amides is 1. The maximum atomic E-state index is 15.2. The summed E-state index contributed by atoms with van der Waals surface area (Å²) < 4.78 is 54.7. The van der Waals surface area contributed by atoms with Gasteiger partial charge in [0.1, 0.15) is 31.8 Å². The van der Waals surface area contributed by atoms with Gasteiger partial charge >= 0.3 is 5.69 Å². The Kier molecular flexibility index (Phi) is 10.2. The number of hydrogen-bond acceptors (Lipinski definition) is 6.